The number of amides is 2. The third-order valence-corrected chi connectivity index (χ3v) is 2.50. The molecule has 2 aromatic rings. The summed E-state index contributed by atoms with van der Waals surface area (Å²) < 4.78 is 18.6. The zero-order chi connectivity index (χ0) is 14.0. The number of hydrogen-bond donors (Lipinski definition) is 2. The summed E-state index contributed by atoms with van der Waals surface area (Å²) in [5.74, 6) is -2.08. The fourth-order valence-corrected chi connectivity index (χ4v) is 1.64. The molecule has 0 radical (unpaired) electrons. The molecule has 0 aliphatic heterocycles. The SMILES string of the molecule is Cc1c(C(=O)NOCC(N)=O)oc2c(F)cccc12. The first kappa shape index (κ1) is 13.0. The molecule has 0 spiro atoms. The molecule has 100 valence electrons. The first-order chi connectivity index (χ1) is 9.00. The first-order valence-electron chi connectivity index (χ1n) is 5.38. The van der Waals surface area contributed by atoms with Gasteiger partial charge in [-0.15, -0.1) is 0 Å². The number of carbonyl (C=O) groups is 2. The fraction of sp³-hybridized carbons (Fsp3) is 0.167. The Balaban J connectivity index is 2.25. The Morgan fingerprint density at radius 1 is 1.47 bits per heavy atom. The molecule has 2 amide bonds. The minimum Gasteiger partial charge on any atom is -0.447 e. The minimum atomic E-state index is -0.729. The molecule has 0 saturated heterocycles. The highest BCUT2D eigenvalue weighted by Gasteiger charge is 2.19. The van der Waals surface area contributed by atoms with Gasteiger partial charge in [-0.3, -0.25) is 14.4 Å². The number of carbonyl (C=O) groups excluding carboxylic acids is 2. The predicted molar refractivity (Wildman–Crippen MR) is 63.5 cm³/mol. The van der Waals surface area contributed by atoms with Crippen LogP contribution in [0.25, 0.3) is 11.0 Å². The van der Waals surface area contributed by atoms with E-state index >= 15 is 0 Å². The van der Waals surface area contributed by atoms with Crippen LogP contribution in [0.5, 0.6) is 0 Å². The number of aryl methyl sites for hydroxylation is 1. The molecule has 0 aliphatic rings. The first-order valence-corrected chi connectivity index (χ1v) is 5.38. The van der Waals surface area contributed by atoms with Gasteiger partial charge in [-0.05, 0) is 13.0 Å². The highest BCUT2D eigenvalue weighted by molar-refractivity contribution is 5.98. The van der Waals surface area contributed by atoms with Crippen molar-refractivity contribution in [2.45, 2.75) is 6.92 Å². The van der Waals surface area contributed by atoms with Crippen molar-refractivity contribution >= 4 is 22.8 Å². The van der Waals surface area contributed by atoms with Crippen LogP contribution in [0.1, 0.15) is 16.1 Å². The summed E-state index contributed by atoms with van der Waals surface area (Å²) in [6.07, 6.45) is 0. The number of nitrogens with two attached hydrogens (primary N) is 1. The van der Waals surface area contributed by atoms with E-state index in [9.17, 15) is 14.0 Å². The number of para-hydroxylation sites is 1. The van der Waals surface area contributed by atoms with Gasteiger partial charge in [-0.2, -0.15) is 0 Å². The van der Waals surface area contributed by atoms with Gasteiger partial charge in [0, 0.05) is 10.9 Å². The molecule has 7 heteroatoms. The molecule has 6 nitrogen and oxygen atoms in total. The summed E-state index contributed by atoms with van der Waals surface area (Å²) in [5, 5.41) is 0.500. The van der Waals surface area contributed by atoms with Crippen molar-refractivity contribution in [3.8, 4) is 0 Å². The van der Waals surface area contributed by atoms with Gasteiger partial charge in [0.1, 0.15) is 0 Å². The minimum absolute atomic E-state index is 0.0000475. The molecular weight excluding hydrogens is 255 g/mol. The van der Waals surface area contributed by atoms with Crippen LogP contribution in [0.3, 0.4) is 0 Å². The molecule has 0 unspecified atom stereocenters. The molecule has 1 heterocycles. The summed E-state index contributed by atoms with van der Waals surface area (Å²) in [7, 11) is 0. The zero-order valence-corrected chi connectivity index (χ0v) is 10.0. The van der Waals surface area contributed by atoms with Crippen LogP contribution in [-0.2, 0) is 9.63 Å². The number of nitrogens with one attached hydrogen (secondary N) is 1. The molecule has 0 saturated carbocycles. The van der Waals surface area contributed by atoms with Gasteiger partial charge in [-0.25, -0.2) is 9.87 Å². The quantitative estimate of drug-likeness (QED) is 0.808. The van der Waals surface area contributed by atoms with Crippen molar-refractivity contribution < 1.29 is 23.2 Å². The van der Waals surface area contributed by atoms with Crippen LogP contribution in [-0.4, -0.2) is 18.4 Å². The summed E-state index contributed by atoms with van der Waals surface area (Å²) in [6.45, 7) is 1.16. The summed E-state index contributed by atoms with van der Waals surface area (Å²) >= 11 is 0. The topological polar surface area (TPSA) is 94.6 Å². The standard InChI is InChI=1S/C12H11FN2O4/c1-6-7-3-2-4-8(13)11(7)19-10(6)12(17)15-18-5-9(14)16/h2-4H,5H2,1H3,(H2,14,16)(H,15,17). The van der Waals surface area contributed by atoms with E-state index in [4.69, 9.17) is 10.2 Å². The maximum absolute atomic E-state index is 13.5. The van der Waals surface area contributed by atoms with E-state index in [1.807, 2.05) is 5.48 Å². The maximum atomic E-state index is 13.5. The van der Waals surface area contributed by atoms with Crippen molar-refractivity contribution in [2.24, 2.45) is 5.73 Å². The molecule has 2 rings (SSSR count). The summed E-state index contributed by atoms with van der Waals surface area (Å²) in [4.78, 5) is 26.7. The van der Waals surface area contributed by atoms with Crippen molar-refractivity contribution in [1.82, 2.24) is 5.48 Å². The number of hydrogen-bond acceptors (Lipinski definition) is 4. The summed E-state index contributed by atoms with van der Waals surface area (Å²) in [5.41, 5.74) is 7.32. The number of furan rings is 1. The van der Waals surface area contributed by atoms with Crippen LogP contribution in [0, 0.1) is 12.7 Å². The van der Waals surface area contributed by atoms with Crippen molar-refractivity contribution in [3.63, 3.8) is 0 Å². The van der Waals surface area contributed by atoms with Crippen molar-refractivity contribution in [3.05, 3.63) is 35.3 Å². The van der Waals surface area contributed by atoms with E-state index in [1.165, 1.54) is 12.1 Å². The van der Waals surface area contributed by atoms with E-state index in [0.29, 0.717) is 10.9 Å². The van der Waals surface area contributed by atoms with Gasteiger partial charge in [0.05, 0.1) is 0 Å². The second-order valence-electron chi connectivity index (χ2n) is 3.86. The highest BCUT2D eigenvalue weighted by Crippen LogP contribution is 2.27. The van der Waals surface area contributed by atoms with Crippen molar-refractivity contribution in [2.75, 3.05) is 6.61 Å². The monoisotopic (exact) mass is 266 g/mol. The molecule has 0 bridgehead atoms. The Kier molecular flexibility index (Phi) is 3.48. The zero-order valence-electron chi connectivity index (χ0n) is 10.0. The van der Waals surface area contributed by atoms with Crippen LogP contribution in [0.2, 0.25) is 0 Å². The number of hydroxylamine groups is 1. The molecular formula is C12H11FN2O4. The number of benzene rings is 1. The lowest BCUT2D eigenvalue weighted by Gasteiger charge is -2.02. The number of halogens is 1. The molecule has 0 atom stereocenters. The number of primary amides is 1. The molecule has 3 N–H and O–H groups in total. The van der Waals surface area contributed by atoms with Crippen LogP contribution in [0.4, 0.5) is 4.39 Å². The third-order valence-electron chi connectivity index (χ3n) is 2.50. The van der Waals surface area contributed by atoms with Gasteiger partial charge >= 0.3 is 5.91 Å². The molecule has 1 aromatic heterocycles. The van der Waals surface area contributed by atoms with Crippen LogP contribution in [0.15, 0.2) is 22.6 Å². The Morgan fingerprint density at radius 3 is 2.84 bits per heavy atom. The van der Waals surface area contributed by atoms with E-state index in [2.05, 4.69) is 4.84 Å². The van der Waals surface area contributed by atoms with Gasteiger partial charge < -0.3 is 10.2 Å². The van der Waals surface area contributed by atoms with E-state index in [-0.39, 0.29) is 11.3 Å². The normalized spacial score (nSPS) is 10.6. The Bertz CT molecular complexity index is 650. The third kappa shape index (κ3) is 2.55. The van der Waals surface area contributed by atoms with Crippen molar-refractivity contribution in [1.29, 1.82) is 0 Å². The average Bonchev–Trinajstić information content (AvgIpc) is 2.68. The molecule has 19 heavy (non-hydrogen) atoms. The van der Waals surface area contributed by atoms with E-state index in [0.717, 1.165) is 0 Å². The van der Waals surface area contributed by atoms with Gasteiger partial charge in [0.2, 0.25) is 5.91 Å². The lowest BCUT2D eigenvalue weighted by Crippen LogP contribution is -2.29. The van der Waals surface area contributed by atoms with Gasteiger partial charge in [0.25, 0.3) is 0 Å². The Morgan fingerprint density at radius 2 is 2.21 bits per heavy atom. The largest absolute Gasteiger partial charge is 0.447 e. The van der Waals surface area contributed by atoms with Gasteiger partial charge in [-0.1, -0.05) is 12.1 Å². The number of fused-ring (bicyclic) bond motifs is 1. The number of rotatable bonds is 4. The second kappa shape index (κ2) is 5.07. The van der Waals surface area contributed by atoms with E-state index in [1.54, 1.807) is 13.0 Å². The van der Waals surface area contributed by atoms with E-state index < -0.39 is 24.2 Å². The Labute approximate surface area is 107 Å². The molecule has 1 aromatic carbocycles. The predicted octanol–water partition coefficient (Wildman–Crippen LogP) is 1.03. The fourth-order valence-electron chi connectivity index (χ4n) is 1.64. The molecule has 0 aliphatic carbocycles. The van der Waals surface area contributed by atoms with Gasteiger partial charge in [0.15, 0.2) is 23.8 Å². The van der Waals surface area contributed by atoms with Crippen LogP contribution < -0.4 is 11.2 Å². The average molecular weight is 266 g/mol. The lowest BCUT2D eigenvalue weighted by molar-refractivity contribution is -0.124. The van der Waals surface area contributed by atoms with Crippen LogP contribution >= 0.6 is 0 Å². The Hall–Kier alpha value is -2.41. The highest BCUT2D eigenvalue weighted by atomic mass is 19.1. The smallest absolute Gasteiger partial charge is 0.310 e. The second-order valence-corrected chi connectivity index (χ2v) is 3.86. The lowest BCUT2D eigenvalue weighted by atomic mass is 10.1. The summed E-state index contributed by atoms with van der Waals surface area (Å²) in [6, 6.07) is 4.39. The maximum Gasteiger partial charge on any atom is 0.310 e. The molecule has 0 fully saturated rings.